The fourth-order valence-electron chi connectivity index (χ4n) is 2.35. The summed E-state index contributed by atoms with van der Waals surface area (Å²) in [5.41, 5.74) is 1.03. The average molecular weight is 442 g/mol. The van der Waals surface area contributed by atoms with Crippen LogP contribution in [-0.2, 0) is 30.4 Å². The molecule has 0 radical (unpaired) electrons. The molecule has 1 unspecified atom stereocenters. The number of carboxylic acid groups (broad SMARTS) is 1. The van der Waals surface area contributed by atoms with E-state index >= 15 is 0 Å². The lowest BCUT2D eigenvalue weighted by molar-refractivity contribution is -0.197. The molecule has 1 N–H and O–H groups in total. The van der Waals surface area contributed by atoms with Gasteiger partial charge in [-0.1, -0.05) is 54.3 Å². The maximum Gasteiger partial charge on any atom is 0.346 e. The summed E-state index contributed by atoms with van der Waals surface area (Å²) in [6, 6.07) is 9.54. The molecule has 1 aromatic rings. The van der Waals surface area contributed by atoms with Crippen molar-refractivity contribution in [3.8, 4) is 0 Å². The van der Waals surface area contributed by atoms with Crippen molar-refractivity contribution in [2.24, 2.45) is 0 Å². The van der Waals surface area contributed by atoms with Gasteiger partial charge in [-0.25, -0.2) is 4.79 Å². The monoisotopic (exact) mass is 441 g/mol. The van der Waals surface area contributed by atoms with Crippen LogP contribution in [0.2, 0.25) is 0 Å². The largest absolute Gasteiger partial charge is 0.481 e. The number of hydrogen-bond donors (Lipinski definition) is 1. The molecule has 0 saturated carbocycles. The summed E-state index contributed by atoms with van der Waals surface area (Å²) in [5.74, 6) is -2.42. The minimum Gasteiger partial charge on any atom is -0.481 e. The zero-order valence-corrected chi connectivity index (χ0v) is 17.3. The van der Waals surface area contributed by atoms with Gasteiger partial charge in [0.2, 0.25) is 0 Å². The number of thiocarbonyl (C=S) groups is 1. The summed E-state index contributed by atoms with van der Waals surface area (Å²) in [6.45, 7) is 0. The zero-order chi connectivity index (χ0) is 20.5. The first-order chi connectivity index (χ1) is 13.4. The van der Waals surface area contributed by atoms with Gasteiger partial charge in [-0.05, 0) is 18.4 Å². The second kappa shape index (κ2) is 11.2. The van der Waals surface area contributed by atoms with Crippen LogP contribution >= 0.6 is 35.7 Å². The van der Waals surface area contributed by atoms with E-state index < -0.39 is 29.0 Å². The van der Waals surface area contributed by atoms with Crippen LogP contribution in [0.4, 0.5) is 0 Å². The lowest BCUT2D eigenvalue weighted by atomic mass is 10.1. The molecule has 0 aliphatic carbocycles. The van der Waals surface area contributed by atoms with Crippen LogP contribution < -0.4 is 0 Å². The van der Waals surface area contributed by atoms with Crippen molar-refractivity contribution in [3.63, 3.8) is 0 Å². The maximum absolute atomic E-state index is 12.6. The van der Waals surface area contributed by atoms with Crippen LogP contribution in [-0.4, -0.2) is 48.5 Å². The van der Waals surface area contributed by atoms with Crippen molar-refractivity contribution in [3.05, 3.63) is 35.9 Å². The molecule has 0 bridgehead atoms. The number of imide groups is 1. The van der Waals surface area contributed by atoms with Crippen LogP contribution in [0.3, 0.4) is 0 Å². The predicted octanol–water partition coefficient (Wildman–Crippen LogP) is 2.82. The Kier molecular flexibility index (Phi) is 8.94. The number of rotatable bonds is 9. The van der Waals surface area contributed by atoms with Crippen molar-refractivity contribution in [1.29, 1.82) is 0 Å². The third kappa shape index (κ3) is 7.25. The molecule has 28 heavy (non-hydrogen) atoms. The normalized spacial score (nSPS) is 14.8. The molecule has 1 fully saturated rings. The van der Waals surface area contributed by atoms with Gasteiger partial charge in [0, 0.05) is 18.6 Å². The van der Waals surface area contributed by atoms with Crippen LogP contribution in [0.1, 0.15) is 31.2 Å². The Balaban J connectivity index is 1.98. The average Bonchev–Trinajstić information content (AvgIpc) is 2.97. The van der Waals surface area contributed by atoms with Gasteiger partial charge in [0.15, 0.2) is 0 Å². The molecule has 1 heterocycles. The van der Waals surface area contributed by atoms with Crippen molar-refractivity contribution < 1.29 is 29.1 Å². The molecule has 1 atom stereocenters. The highest BCUT2D eigenvalue weighted by atomic mass is 32.2. The van der Waals surface area contributed by atoms with E-state index in [1.165, 1.54) is 11.8 Å². The number of aliphatic carboxylic acids is 1. The van der Waals surface area contributed by atoms with E-state index in [1.807, 2.05) is 30.3 Å². The van der Waals surface area contributed by atoms with E-state index in [0.717, 1.165) is 17.3 Å². The number of nitrogens with zero attached hydrogens (tertiary/aromatic N) is 1. The Morgan fingerprint density at radius 3 is 2.43 bits per heavy atom. The lowest BCUT2D eigenvalue weighted by Gasteiger charge is -2.19. The topological polar surface area (TPSA) is 101 Å². The van der Waals surface area contributed by atoms with Crippen molar-refractivity contribution in [1.82, 2.24) is 5.06 Å². The third-order valence-electron chi connectivity index (χ3n) is 3.76. The third-order valence-corrected chi connectivity index (χ3v) is 6.60. The molecule has 7 nitrogen and oxygen atoms in total. The standard InChI is InChI=1S/C18H19NO6S3/c20-14-8-9-15(21)19(14)25-17(24)13(7-6-12-4-2-1-3-5-12)28-18(26)27-11-10-16(22)23/h1-5,13H,6-11H2,(H,22,23). The first-order valence-corrected chi connectivity index (χ1v) is 10.8. The van der Waals surface area contributed by atoms with E-state index in [0.29, 0.717) is 27.2 Å². The predicted molar refractivity (Wildman–Crippen MR) is 111 cm³/mol. The van der Waals surface area contributed by atoms with E-state index in [4.69, 9.17) is 22.2 Å². The highest BCUT2D eigenvalue weighted by molar-refractivity contribution is 8.47. The van der Waals surface area contributed by atoms with Gasteiger partial charge in [-0.15, -0.1) is 16.8 Å². The van der Waals surface area contributed by atoms with E-state index in [9.17, 15) is 19.2 Å². The maximum atomic E-state index is 12.6. The van der Waals surface area contributed by atoms with Crippen molar-refractivity contribution in [2.45, 2.75) is 37.4 Å². The first-order valence-electron chi connectivity index (χ1n) is 8.53. The SMILES string of the molecule is O=C(O)CCSC(=S)SC(CCc1ccccc1)C(=O)ON1C(=O)CCC1=O. The molecular formula is C18H19NO6S3. The Hall–Kier alpha value is -1.91. The Bertz CT molecular complexity index is 739. The second-order valence-corrected chi connectivity index (χ2v) is 9.37. The number of aryl methyl sites for hydroxylation is 1. The molecule has 1 aliphatic heterocycles. The summed E-state index contributed by atoms with van der Waals surface area (Å²) in [4.78, 5) is 51.6. The van der Waals surface area contributed by atoms with Gasteiger partial charge in [-0.2, -0.15) is 0 Å². The summed E-state index contributed by atoms with van der Waals surface area (Å²) >= 11 is 7.50. The first kappa shape index (κ1) is 22.4. The molecule has 0 spiro atoms. The van der Waals surface area contributed by atoms with Gasteiger partial charge in [0.05, 0.1) is 6.42 Å². The van der Waals surface area contributed by atoms with Crippen LogP contribution in [0.15, 0.2) is 30.3 Å². The highest BCUT2D eigenvalue weighted by Crippen LogP contribution is 2.28. The molecule has 10 heteroatoms. The van der Waals surface area contributed by atoms with Crippen molar-refractivity contribution in [2.75, 3.05) is 5.75 Å². The molecular weight excluding hydrogens is 422 g/mol. The zero-order valence-electron chi connectivity index (χ0n) is 14.9. The number of carbonyl (C=O) groups is 4. The van der Waals surface area contributed by atoms with Gasteiger partial charge in [-0.3, -0.25) is 14.4 Å². The van der Waals surface area contributed by atoms with Gasteiger partial charge >= 0.3 is 11.9 Å². The number of hydroxylamine groups is 2. The highest BCUT2D eigenvalue weighted by Gasteiger charge is 2.35. The molecule has 0 aromatic heterocycles. The number of carbonyl (C=O) groups excluding carboxylic acids is 3. The van der Waals surface area contributed by atoms with E-state index in [2.05, 4.69) is 0 Å². The fourth-order valence-corrected chi connectivity index (χ4v) is 4.87. The van der Waals surface area contributed by atoms with Crippen LogP contribution in [0.25, 0.3) is 0 Å². The van der Waals surface area contributed by atoms with E-state index in [-0.39, 0.29) is 19.3 Å². The molecule has 1 aliphatic rings. The number of carboxylic acids is 1. The lowest BCUT2D eigenvalue weighted by Crippen LogP contribution is -2.36. The van der Waals surface area contributed by atoms with Gasteiger partial charge in [0.25, 0.3) is 11.8 Å². The molecule has 1 aromatic carbocycles. The minimum absolute atomic E-state index is 0.0252. The fraction of sp³-hybridized carbons (Fsp3) is 0.389. The molecule has 150 valence electrons. The smallest absolute Gasteiger partial charge is 0.346 e. The Morgan fingerprint density at radius 1 is 1.18 bits per heavy atom. The second-order valence-electron chi connectivity index (χ2n) is 5.87. The summed E-state index contributed by atoms with van der Waals surface area (Å²) in [6.07, 6.45) is 0.983. The number of hydrogen-bond acceptors (Lipinski definition) is 8. The number of amides is 2. The minimum atomic E-state index is -0.925. The van der Waals surface area contributed by atoms with Crippen molar-refractivity contribution >= 4 is 63.0 Å². The van der Waals surface area contributed by atoms with Crippen LogP contribution in [0, 0.1) is 0 Å². The number of thioether (sulfide) groups is 2. The molecule has 2 rings (SSSR count). The van der Waals surface area contributed by atoms with Gasteiger partial charge in [0.1, 0.15) is 8.78 Å². The summed E-state index contributed by atoms with van der Waals surface area (Å²) in [7, 11) is 0. The Labute approximate surface area is 176 Å². The van der Waals surface area contributed by atoms with E-state index in [1.54, 1.807) is 0 Å². The Morgan fingerprint density at radius 2 is 1.82 bits per heavy atom. The van der Waals surface area contributed by atoms with Gasteiger partial charge < -0.3 is 9.94 Å². The number of benzene rings is 1. The molecule has 1 saturated heterocycles. The van der Waals surface area contributed by atoms with Crippen LogP contribution in [0.5, 0.6) is 0 Å². The molecule has 2 amide bonds. The quantitative estimate of drug-likeness (QED) is 0.458. The summed E-state index contributed by atoms with van der Waals surface area (Å²) < 4.78 is 0.412. The summed E-state index contributed by atoms with van der Waals surface area (Å²) in [5, 5.41) is 8.52.